The molecule has 30 heavy (non-hydrogen) atoms. The van der Waals surface area contributed by atoms with Crippen LogP contribution in [0.2, 0.25) is 0 Å². The molecule has 0 saturated heterocycles. The maximum atomic E-state index is 10.6. The standard InChI is InChI=1S/C10H16N2O8.C3H8O3.4Na.4H/c13-7(14)3-11(4-8(15)16)1-2-12(5-9(17)18)6-10(19)20;4-1-3(6)2-5;;;;;;;;/h1-6H2,(H,13,14)(H,15,16)(H,17,18)(H,19,20);3-6H,1-2H2;;;;;;;;/q;;4*+1;4*-1. The van der Waals surface area contributed by atoms with E-state index in [4.69, 9.17) is 35.7 Å². The van der Waals surface area contributed by atoms with Crippen LogP contribution in [0.3, 0.4) is 0 Å². The van der Waals surface area contributed by atoms with Crippen LogP contribution in [-0.4, -0.2) is 128 Å². The van der Waals surface area contributed by atoms with Gasteiger partial charge in [-0.3, -0.25) is 29.0 Å². The molecule has 13 nitrogen and oxygen atoms in total. The summed E-state index contributed by atoms with van der Waals surface area (Å²) in [6.45, 7) is -2.98. The molecule has 0 aliphatic carbocycles. The quantitative estimate of drug-likeness (QED) is 0.122. The second-order valence-electron chi connectivity index (χ2n) is 5.02. The molecule has 0 aromatic rings. The third kappa shape index (κ3) is 34.3. The fourth-order valence-electron chi connectivity index (χ4n) is 1.53. The SMILES string of the molecule is O=C(O)CN(CCN(CC(=O)O)CC(=O)O)CC(=O)O.OCC(O)CO.[H-].[H-].[H-].[H-].[Na+].[Na+].[Na+].[Na+]. The number of aliphatic hydroxyl groups is 3. The van der Waals surface area contributed by atoms with Gasteiger partial charge in [-0.15, -0.1) is 0 Å². The van der Waals surface area contributed by atoms with Crippen molar-refractivity contribution in [3.63, 3.8) is 0 Å². The van der Waals surface area contributed by atoms with Gasteiger partial charge in [0.15, 0.2) is 0 Å². The molecule has 0 bridgehead atoms. The second-order valence-corrected chi connectivity index (χ2v) is 5.02. The van der Waals surface area contributed by atoms with Crippen molar-refractivity contribution < 1.29 is 179 Å². The summed E-state index contributed by atoms with van der Waals surface area (Å²) in [5, 5.41) is 58.5. The second kappa shape index (κ2) is 28.7. The number of aliphatic hydroxyl groups excluding tert-OH is 3. The van der Waals surface area contributed by atoms with Gasteiger partial charge >= 0.3 is 142 Å². The van der Waals surface area contributed by atoms with Crippen molar-refractivity contribution in [1.29, 1.82) is 0 Å². The number of hydrogen-bond donors (Lipinski definition) is 7. The van der Waals surface area contributed by atoms with Crippen molar-refractivity contribution in [2.45, 2.75) is 6.10 Å². The minimum atomic E-state index is -1.23. The summed E-state index contributed by atoms with van der Waals surface area (Å²) in [7, 11) is 0. The molecule has 0 aromatic carbocycles. The Morgan fingerprint density at radius 1 is 0.600 bits per heavy atom. The summed E-state index contributed by atoms with van der Waals surface area (Å²) >= 11 is 0. The number of carbonyl (C=O) groups is 4. The van der Waals surface area contributed by atoms with E-state index in [1.807, 2.05) is 0 Å². The first-order valence-electron chi connectivity index (χ1n) is 7.23. The Labute approximate surface area is 267 Å². The van der Waals surface area contributed by atoms with Gasteiger partial charge in [0.2, 0.25) is 0 Å². The summed E-state index contributed by atoms with van der Waals surface area (Å²) in [6.07, 6.45) is -0.954. The number of aliphatic carboxylic acids is 4. The molecule has 0 unspecified atom stereocenters. The zero-order valence-corrected chi connectivity index (χ0v) is 25.9. The van der Waals surface area contributed by atoms with Crippen LogP contribution in [0.25, 0.3) is 0 Å². The Morgan fingerprint density at radius 2 is 0.800 bits per heavy atom. The molecule has 7 N–H and O–H groups in total. The maximum Gasteiger partial charge on any atom is 1.00 e. The number of carboxylic acids is 4. The molecule has 0 fully saturated rings. The third-order valence-corrected chi connectivity index (χ3v) is 2.59. The van der Waals surface area contributed by atoms with Crippen molar-refractivity contribution >= 4 is 23.9 Å². The first-order chi connectivity index (χ1) is 12.0. The zero-order chi connectivity index (χ0) is 20.7. The van der Waals surface area contributed by atoms with Crippen molar-refractivity contribution in [3.05, 3.63) is 0 Å². The van der Waals surface area contributed by atoms with Gasteiger partial charge in [0.05, 0.1) is 39.4 Å². The first-order valence-corrected chi connectivity index (χ1v) is 7.23. The van der Waals surface area contributed by atoms with Crippen LogP contribution in [0.15, 0.2) is 0 Å². The number of carboxylic acid groups (broad SMARTS) is 4. The van der Waals surface area contributed by atoms with Gasteiger partial charge in [0, 0.05) is 13.1 Å². The molecule has 0 aliphatic heterocycles. The van der Waals surface area contributed by atoms with E-state index in [1.54, 1.807) is 0 Å². The molecule has 0 aromatic heterocycles. The van der Waals surface area contributed by atoms with E-state index in [1.165, 1.54) is 0 Å². The van der Waals surface area contributed by atoms with Crippen LogP contribution in [0.4, 0.5) is 0 Å². The first kappa shape index (κ1) is 45.2. The molecular formula is C13H28N2Na4O11. The molecule has 0 aliphatic rings. The van der Waals surface area contributed by atoms with Crippen molar-refractivity contribution in [3.8, 4) is 0 Å². The Balaban J connectivity index is -0.0000000461. The van der Waals surface area contributed by atoms with E-state index in [0.717, 1.165) is 9.80 Å². The van der Waals surface area contributed by atoms with E-state index < -0.39 is 56.2 Å². The molecule has 0 heterocycles. The monoisotopic (exact) mass is 480 g/mol. The Bertz CT molecular complexity index is 420. The summed E-state index contributed by atoms with van der Waals surface area (Å²) in [5.41, 5.74) is 0. The molecular weight excluding hydrogens is 452 g/mol. The van der Waals surface area contributed by atoms with Crippen LogP contribution in [0.1, 0.15) is 5.71 Å². The molecule has 0 saturated carbocycles. The van der Waals surface area contributed by atoms with Gasteiger partial charge < -0.3 is 41.5 Å². The number of hydrogen-bond acceptors (Lipinski definition) is 9. The van der Waals surface area contributed by atoms with Crippen molar-refractivity contribution in [2.24, 2.45) is 0 Å². The number of rotatable bonds is 13. The van der Waals surface area contributed by atoms with E-state index >= 15 is 0 Å². The largest absolute Gasteiger partial charge is 1.00 e. The molecule has 0 spiro atoms. The van der Waals surface area contributed by atoms with Gasteiger partial charge in [0.1, 0.15) is 6.10 Å². The van der Waals surface area contributed by atoms with Crippen molar-refractivity contribution in [1.82, 2.24) is 9.80 Å². The minimum Gasteiger partial charge on any atom is -1.00 e. The fourth-order valence-corrected chi connectivity index (χ4v) is 1.53. The van der Waals surface area contributed by atoms with Crippen LogP contribution in [-0.2, 0) is 19.2 Å². The van der Waals surface area contributed by atoms with Crippen LogP contribution in [0.5, 0.6) is 0 Å². The van der Waals surface area contributed by atoms with Gasteiger partial charge in [-0.25, -0.2) is 0 Å². The van der Waals surface area contributed by atoms with E-state index in [9.17, 15) is 19.2 Å². The summed E-state index contributed by atoms with van der Waals surface area (Å²) in [5.74, 6) is -4.91. The Morgan fingerprint density at radius 3 is 0.900 bits per heavy atom. The summed E-state index contributed by atoms with van der Waals surface area (Å²) in [6, 6.07) is 0. The smallest absolute Gasteiger partial charge is 1.00 e. The Kier molecular flexibility index (Phi) is 43.3. The van der Waals surface area contributed by atoms with Crippen LogP contribution in [0, 0.1) is 0 Å². The minimum absolute atomic E-state index is 0. The molecule has 0 atom stereocenters. The van der Waals surface area contributed by atoms with Crippen LogP contribution < -0.4 is 118 Å². The summed E-state index contributed by atoms with van der Waals surface area (Å²) in [4.78, 5) is 44.4. The van der Waals surface area contributed by atoms with Gasteiger partial charge in [0.25, 0.3) is 0 Å². The topological polar surface area (TPSA) is 216 Å². The maximum absolute atomic E-state index is 10.6. The zero-order valence-electron chi connectivity index (χ0n) is 21.9. The molecule has 0 amide bonds. The number of nitrogens with zero attached hydrogens (tertiary/aromatic N) is 2. The fraction of sp³-hybridized carbons (Fsp3) is 0.692. The molecule has 0 rings (SSSR count). The van der Waals surface area contributed by atoms with E-state index in [-0.39, 0.29) is 150 Å². The third-order valence-electron chi connectivity index (χ3n) is 2.59. The van der Waals surface area contributed by atoms with Crippen LogP contribution >= 0.6 is 0 Å². The average Bonchev–Trinajstić information content (AvgIpc) is 2.50. The van der Waals surface area contributed by atoms with Gasteiger partial charge in [-0.2, -0.15) is 0 Å². The predicted molar refractivity (Wildman–Crippen MR) is 88.0 cm³/mol. The summed E-state index contributed by atoms with van der Waals surface area (Å²) < 4.78 is 0. The van der Waals surface area contributed by atoms with E-state index in [0.29, 0.717) is 0 Å². The molecule has 17 heteroatoms. The van der Waals surface area contributed by atoms with Gasteiger partial charge in [-0.1, -0.05) is 0 Å². The van der Waals surface area contributed by atoms with Gasteiger partial charge in [-0.05, 0) is 0 Å². The normalized spacial score (nSPS) is 9.13. The molecule has 0 radical (unpaired) electrons. The average molecular weight is 480 g/mol. The van der Waals surface area contributed by atoms with E-state index in [2.05, 4.69) is 0 Å². The van der Waals surface area contributed by atoms with Crippen molar-refractivity contribution in [2.75, 3.05) is 52.5 Å². The predicted octanol–water partition coefficient (Wildman–Crippen LogP) is -15.3. The Hall–Kier alpha value is 1.68. The molecule has 160 valence electrons.